The van der Waals surface area contributed by atoms with Gasteiger partial charge < -0.3 is 5.11 Å². The van der Waals surface area contributed by atoms with Crippen molar-refractivity contribution in [3.63, 3.8) is 0 Å². The molecule has 5 nitrogen and oxygen atoms in total. The number of aromatic nitrogens is 3. The zero-order valence-corrected chi connectivity index (χ0v) is 20.4. The number of unbranched alkanes of at least 4 members (excludes halogenated alkanes) is 3. The second-order valence-corrected chi connectivity index (χ2v) is 9.66. The maximum Gasteiger partial charge on any atom is 0.336 e. The number of carboxylic acids is 1. The molecule has 0 amide bonds. The van der Waals surface area contributed by atoms with Gasteiger partial charge in [0.05, 0.1) is 5.56 Å². The molecular weight excluding hydrogens is 422 g/mol. The zero-order valence-electron chi connectivity index (χ0n) is 20.4. The molecule has 5 heteroatoms. The molecule has 1 N–H and O–H groups in total. The lowest BCUT2D eigenvalue weighted by molar-refractivity contribution is 0.0697. The first-order valence-electron chi connectivity index (χ1n) is 13.0. The Hall–Kier alpha value is -2.95. The van der Waals surface area contributed by atoms with Crippen LogP contribution in [0.25, 0.3) is 11.1 Å². The molecule has 1 saturated carbocycles. The van der Waals surface area contributed by atoms with Crippen LogP contribution < -0.4 is 0 Å². The molecular formula is C29H37N3O2. The summed E-state index contributed by atoms with van der Waals surface area (Å²) in [6, 6.07) is 15.4. The van der Waals surface area contributed by atoms with Gasteiger partial charge in [0, 0.05) is 19.4 Å². The molecule has 180 valence electrons. The highest BCUT2D eigenvalue weighted by molar-refractivity contribution is 5.95. The van der Waals surface area contributed by atoms with Gasteiger partial charge in [-0.2, -0.15) is 5.10 Å². The maximum absolute atomic E-state index is 11.6. The Bertz CT molecular complexity index is 1070. The number of hydrogen-bond donors (Lipinski definition) is 1. The monoisotopic (exact) mass is 459 g/mol. The minimum absolute atomic E-state index is 0.328. The normalized spacial score (nSPS) is 14.4. The third-order valence-electron chi connectivity index (χ3n) is 7.00. The van der Waals surface area contributed by atoms with Crippen LogP contribution in [0.4, 0.5) is 0 Å². The molecule has 1 aliphatic rings. The summed E-state index contributed by atoms with van der Waals surface area (Å²) in [6.45, 7) is 3.17. The summed E-state index contributed by atoms with van der Waals surface area (Å²) in [5, 5.41) is 14.4. The van der Waals surface area contributed by atoms with E-state index in [9.17, 15) is 9.90 Å². The van der Waals surface area contributed by atoms with E-state index in [-0.39, 0.29) is 0 Å². The SMILES string of the molecule is CCCCCCn1nc(CC2CCCCC2)nc1Cc1ccc(-c2ccccc2C(=O)O)cc1. The van der Waals surface area contributed by atoms with Crippen LogP contribution in [-0.2, 0) is 19.4 Å². The molecule has 0 saturated heterocycles. The van der Waals surface area contributed by atoms with Crippen molar-refractivity contribution in [2.24, 2.45) is 5.92 Å². The van der Waals surface area contributed by atoms with Crippen LogP contribution in [0.5, 0.6) is 0 Å². The average Bonchev–Trinajstić information content (AvgIpc) is 3.23. The van der Waals surface area contributed by atoms with Gasteiger partial charge in [-0.15, -0.1) is 0 Å². The zero-order chi connectivity index (χ0) is 23.8. The Morgan fingerprint density at radius 3 is 2.50 bits per heavy atom. The van der Waals surface area contributed by atoms with Crippen molar-refractivity contribution in [1.82, 2.24) is 14.8 Å². The van der Waals surface area contributed by atoms with Crippen LogP contribution in [-0.4, -0.2) is 25.8 Å². The summed E-state index contributed by atoms with van der Waals surface area (Å²) in [6.07, 6.45) is 13.3. The van der Waals surface area contributed by atoms with Gasteiger partial charge >= 0.3 is 5.97 Å². The quantitative estimate of drug-likeness (QED) is 0.315. The Morgan fingerprint density at radius 2 is 1.76 bits per heavy atom. The van der Waals surface area contributed by atoms with Gasteiger partial charge in [-0.25, -0.2) is 14.5 Å². The van der Waals surface area contributed by atoms with E-state index < -0.39 is 5.97 Å². The van der Waals surface area contributed by atoms with E-state index in [1.165, 1.54) is 56.9 Å². The van der Waals surface area contributed by atoms with Gasteiger partial charge in [0.1, 0.15) is 5.82 Å². The Kier molecular flexibility index (Phi) is 8.51. The van der Waals surface area contributed by atoms with Crippen LogP contribution in [0.1, 0.15) is 92.3 Å². The highest BCUT2D eigenvalue weighted by Gasteiger charge is 2.18. The molecule has 0 bridgehead atoms. The smallest absolute Gasteiger partial charge is 0.336 e. The average molecular weight is 460 g/mol. The Balaban J connectivity index is 1.50. The summed E-state index contributed by atoms with van der Waals surface area (Å²) >= 11 is 0. The largest absolute Gasteiger partial charge is 0.478 e. The molecule has 4 rings (SSSR count). The van der Waals surface area contributed by atoms with Gasteiger partial charge in [-0.1, -0.05) is 101 Å². The first-order valence-corrected chi connectivity index (χ1v) is 13.0. The molecule has 1 aromatic heterocycles. The van der Waals surface area contributed by atoms with E-state index in [0.29, 0.717) is 5.56 Å². The van der Waals surface area contributed by atoms with Crippen molar-refractivity contribution in [2.45, 2.75) is 84.1 Å². The summed E-state index contributed by atoms with van der Waals surface area (Å²) < 4.78 is 2.14. The lowest BCUT2D eigenvalue weighted by atomic mass is 9.87. The molecule has 1 aliphatic carbocycles. The van der Waals surface area contributed by atoms with E-state index in [4.69, 9.17) is 10.1 Å². The molecule has 0 aliphatic heterocycles. The first kappa shape index (κ1) is 24.2. The third-order valence-corrected chi connectivity index (χ3v) is 7.00. The number of carbonyl (C=O) groups is 1. The minimum Gasteiger partial charge on any atom is -0.478 e. The molecule has 1 heterocycles. The summed E-state index contributed by atoms with van der Waals surface area (Å²) in [5.74, 6) is 1.87. The van der Waals surface area contributed by atoms with Crippen molar-refractivity contribution in [3.05, 3.63) is 71.3 Å². The maximum atomic E-state index is 11.6. The van der Waals surface area contributed by atoms with Crippen LogP contribution >= 0.6 is 0 Å². The highest BCUT2D eigenvalue weighted by Crippen LogP contribution is 2.27. The number of nitrogens with zero attached hydrogens (tertiary/aromatic N) is 3. The number of rotatable bonds is 11. The first-order chi connectivity index (χ1) is 16.6. The topological polar surface area (TPSA) is 68.0 Å². The second-order valence-electron chi connectivity index (χ2n) is 9.66. The fourth-order valence-corrected chi connectivity index (χ4v) is 5.07. The molecule has 34 heavy (non-hydrogen) atoms. The molecule has 0 atom stereocenters. The number of carboxylic acid groups (broad SMARTS) is 1. The predicted octanol–water partition coefficient (Wildman–Crippen LogP) is 6.94. The van der Waals surface area contributed by atoms with Crippen LogP contribution in [0, 0.1) is 5.92 Å². The molecule has 0 spiro atoms. The van der Waals surface area contributed by atoms with Crippen molar-refractivity contribution < 1.29 is 9.90 Å². The van der Waals surface area contributed by atoms with Crippen LogP contribution in [0.2, 0.25) is 0 Å². The summed E-state index contributed by atoms with van der Waals surface area (Å²) in [4.78, 5) is 16.6. The highest BCUT2D eigenvalue weighted by atomic mass is 16.4. The van der Waals surface area contributed by atoms with Gasteiger partial charge in [0.15, 0.2) is 5.82 Å². The lowest BCUT2D eigenvalue weighted by Gasteiger charge is -2.19. The van der Waals surface area contributed by atoms with Gasteiger partial charge in [0.25, 0.3) is 0 Å². The minimum atomic E-state index is -0.902. The fraction of sp³-hybridized carbons (Fsp3) is 0.483. The Labute approximate surface area is 203 Å². The van der Waals surface area contributed by atoms with E-state index in [0.717, 1.165) is 54.5 Å². The lowest BCUT2D eigenvalue weighted by Crippen LogP contribution is -2.10. The molecule has 0 unspecified atom stereocenters. The summed E-state index contributed by atoms with van der Waals surface area (Å²) in [5.41, 5.74) is 3.16. The van der Waals surface area contributed by atoms with E-state index in [1.807, 2.05) is 24.3 Å². The number of aromatic carboxylic acids is 1. The third kappa shape index (κ3) is 6.34. The van der Waals surface area contributed by atoms with Crippen molar-refractivity contribution in [3.8, 4) is 11.1 Å². The van der Waals surface area contributed by atoms with Crippen molar-refractivity contribution >= 4 is 5.97 Å². The van der Waals surface area contributed by atoms with Gasteiger partial charge in [0.2, 0.25) is 0 Å². The number of benzene rings is 2. The second kappa shape index (κ2) is 12.0. The molecule has 0 radical (unpaired) electrons. The Morgan fingerprint density at radius 1 is 1.00 bits per heavy atom. The predicted molar refractivity (Wildman–Crippen MR) is 136 cm³/mol. The number of hydrogen-bond acceptors (Lipinski definition) is 3. The van der Waals surface area contributed by atoms with E-state index in [2.05, 4.69) is 23.7 Å². The summed E-state index contributed by atoms with van der Waals surface area (Å²) in [7, 11) is 0. The molecule has 2 aromatic carbocycles. The molecule has 1 fully saturated rings. The fourth-order valence-electron chi connectivity index (χ4n) is 5.07. The van der Waals surface area contributed by atoms with Crippen molar-refractivity contribution in [2.75, 3.05) is 0 Å². The standard InChI is InChI=1S/C29H37N3O2/c1-2-3-4-10-19-32-28(30-27(31-32)20-22-11-6-5-7-12-22)21-23-15-17-24(18-16-23)25-13-8-9-14-26(25)29(33)34/h8-9,13-18,22H,2-7,10-12,19-21H2,1H3,(H,33,34). The van der Waals surface area contributed by atoms with Gasteiger partial charge in [-0.05, 0) is 35.1 Å². The number of aryl methyl sites for hydroxylation is 1. The van der Waals surface area contributed by atoms with Crippen molar-refractivity contribution in [1.29, 1.82) is 0 Å². The van der Waals surface area contributed by atoms with Gasteiger partial charge in [-0.3, -0.25) is 0 Å². The van der Waals surface area contributed by atoms with Crippen LogP contribution in [0.3, 0.4) is 0 Å². The van der Waals surface area contributed by atoms with E-state index in [1.54, 1.807) is 12.1 Å². The van der Waals surface area contributed by atoms with E-state index >= 15 is 0 Å². The molecule has 3 aromatic rings. The van der Waals surface area contributed by atoms with Crippen LogP contribution in [0.15, 0.2) is 48.5 Å².